The van der Waals surface area contributed by atoms with Crippen LogP contribution in [0.5, 0.6) is 0 Å². The Morgan fingerprint density at radius 1 is 1.67 bits per heavy atom. The second kappa shape index (κ2) is 1.74. The zero-order valence-corrected chi connectivity index (χ0v) is 3.09. The van der Waals surface area contributed by atoms with Crippen LogP contribution < -0.4 is 5.73 Å². The SMILES string of the molecule is [B]N([B])C(N)=O. The first-order valence-electron chi connectivity index (χ1n) is 1.23. The number of carbonyl (C=O) groups excluding carboxylic acids is 1. The van der Waals surface area contributed by atoms with Crippen molar-refractivity contribution in [1.29, 1.82) is 0 Å². The van der Waals surface area contributed by atoms with Crippen LogP contribution in [-0.2, 0) is 0 Å². The zero-order chi connectivity index (χ0) is 5.15. The van der Waals surface area contributed by atoms with E-state index in [1.807, 2.05) is 0 Å². The van der Waals surface area contributed by atoms with Gasteiger partial charge in [-0.2, -0.15) is 0 Å². The molecule has 0 aliphatic rings. The van der Waals surface area contributed by atoms with Gasteiger partial charge < -0.3 is 10.5 Å². The Bertz CT molecular complexity index is 62.6. The van der Waals surface area contributed by atoms with Crippen molar-refractivity contribution in [2.24, 2.45) is 5.73 Å². The molecule has 0 atom stereocenters. The van der Waals surface area contributed by atoms with E-state index >= 15 is 0 Å². The standard InChI is InChI=1S/CH2B2N2O/c2-5(3)1(4)6/h(H2,4,6). The number of hydrogen-bond donors (Lipinski definition) is 1. The predicted octanol–water partition coefficient (Wildman–Crippen LogP) is -1.47. The van der Waals surface area contributed by atoms with Gasteiger partial charge >= 0.3 is 0 Å². The Morgan fingerprint density at radius 3 is 1.83 bits per heavy atom. The number of hydrogen-bond acceptors (Lipinski definition) is 1. The third kappa shape index (κ3) is 1.69. The van der Waals surface area contributed by atoms with Gasteiger partial charge in [0, 0.05) is 0 Å². The molecule has 0 saturated carbocycles. The summed E-state index contributed by atoms with van der Waals surface area (Å²) < 4.78 is 0.306. The first-order valence-corrected chi connectivity index (χ1v) is 1.23. The molecule has 28 valence electrons. The molecule has 0 unspecified atom stereocenters. The fourth-order valence-corrected chi connectivity index (χ4v) is 0. The highest BCUT2D eigenvalue weighted by molar-refractivity contribution is 6.33. The van der Waals surface area contributed by atoms with Crippen LogP contribution >= 0.6 is 0 Å². The molecule has 0 bridgehead atoms. The average molecular weight is 79.7 g/mol. The fourth-order valence-electron chi connectivity index (χ4n) is 0. The molecule has 0 heterocycles. The summed E-state index contributed by atoms with van der Waals surface area (Å²) in [7, 11) is 9.14. The summed E-state index contributed by atoms with van der Waals surface area (Å²) >= 11 is 0. The van der Waals surface area contributed by atoms with E-state index in [2.05, 4.69) is 21.7 Å². The fraction of sp³-hybridized carbons (Fsp3) is 0. The highest BCUT2D eigenvalue weighted by Crippen LogP contribution is 1.62. The quantitative estimate of drug-likeness (QED) is 0.354. The molecular weight excluding hydrogens is 77.6 g/mol. The lowest BCUT2D eigenvalue weighted by molar-refractivity contribution is 0.245. The van der Waals surface area contributed by atoms with Gasteiger partial charge in [-0.1, -0.05) is 0 Å². The highest BCUT2D eigenvalue weighted by atomic mass is 16.2. The molecule has 3 nitrogen and oxygen atoms in total. The monoisotopic (exact) mass is 80.0 g/mol. The third-order valence-corrected chi connectivity index (χ3v) is 0.254. The number of primary amides is 1. The molecule has 0 aromatic heterocycles. The topological polar surface area (TPSA) is 46.3 Å². The van der Waals surface area contributed by atoms with Gasteiger partial charge in [0.05, 0.1) is 0 Å². The maximum Gasteiger partial charge on any atom is 0.288 e. The van der Waals surface area contributed by atoms with Gasteiger partial charge in [-0.3, -0.25) is 4.79 Å². The normalized spacial score (nSPS) is 7.33. The molecule has 0 aliphatic carbocycles. The van der Waals surface area contributed by atoms with Crippen molar-refractivity contribution in [1.82, 2.24) is 4.72 Å². The van der Waals surface area contributed by atoms with Gasteiger partial charge in [-0.25, -0.2) is 0 Å². The molecule has 2 N–H and O–H groups in total. The van der Waals surface area contributed by atoms with Gasteiger partial charge in [0.15, 0.2) is 0 Å². The van der Waals surface area contributed by atoms with E-state index in [0.29, 0.717) is 4.72 Å². The van der Waals surface area contributed by atoms with Crippen LogP contribution in [0.3, 0.4) is 0 Å². The summed E-state index contributed by atoms with van der Waals surface area (Å²) in [6, 6.07) is -0.852. The van der Waals surface area contributed by atoms with Crippen molar-refractivity contribution in [3.8, 4) is 0 Å². The van der Waals surface area contributed by atoms with E-state index < -0.39 is 6.03 Å². The van der Waals surface area contributed by atoms with Crippen molar-refractivity contribution in [3.05, 3.63) is 0 Å². The van der Waals surface area contributed by atoms with Gasteiger partial charge in [0.1, 0.15) is 0 Å². The van der Waals surface area contributed by atoms with E-state index in [-0.39, 0.29) is 0 Å². The molecule has 0 aromatic rings. The molecule has 0 fully saturated rings. The molecule has 0 spiro atoms. The summed E-state index contributed by atoms with van der Waals surface area (Å²) in [6.45, 7) is 0. The molecule has 0 rings (SSSR count). The van der Waals surface area contributed by atoms with Crippen molar-refractivity contribution in [3.63, 3.8) is 0 Å². The lowest BCUT2D eigenvalue weighted by Gasteiger charge is -2.02. The number of nitrogens with two attached hydrogens (primary N) is 1. The predicted molar refractivity (Wildman–Crippen MR) is 22.9 cm³/mol. The van der Waals surface area contributed by atoms with Gasteiger partial charge in [0.25, 0.3) is 6.03 Å². The zero-order valence-electron chi connectivity index (χ0n) is 3.09. The smallest absolute Gasteiger partial charge is 0.288 e. The summed E-state index contributed by atoms with van der Waals surface area (Å²) in [4.78, 5) is 9.60. The summed E-state index contributed by atoms with van der Waals surface area (Å²) in [5, 5.41) is 0. The van der Waals surface area contributed by atoms with Crippen LogP contribution in [0.25, 0.3) is 0 Å². The molecular formula is CH2B2N2O. The average Bonchev–Trinajstić information content (AvgIpc) is 1.36. The first-order chi connectivity index (χ1) is 2.64. The highest BCUT2D eigenvalue weighted by Gasteiger charge is 1.88. The third-order valence-electron chi connectivity index (χ3n) is 0.254. The van der Waals surface area contributed by atoms with Crippen molar-refractivity contribution < 1.29 is 4.79 Å². The maximum absolute atomic E-state index is 9.60. The second-order valence-electron chi connectivity index (χ2n) is 0.746. The van der Waals surface area contributed by atoms with E-state index in [1.54, 1.807) is 0 Å². The largest absolute Gasteiger partial charge is 0.431 e. The van der Waals surface area contributed by atoms with Crippen molar-refractivity contribution >= 4 is 22.0 Å². The number of rotatable bonds is 0. The first kappa shape index (κ1) is 5.40. The Morgan fingerprint density at radius 2 is 1.83 bits per heavy atom. The van der Waals surface area contributed by atoms with Crippen LogP contribution in [0.4, 0.5) is 4.79 Å². The molecule has 2 amide bonds. The van der Waals surface area contributed by atoms with Gasteiger partial charge in [0.2, 0.25) is 16.0 Å². The minimum Gasteiger partial charge on any atom is -0.431 e. The second-order valence-corrected chi connectivity index (χ2v) is 0.746. The van der Waals surface area contributed by atoms with Crippen molar-refractivity contribution in [2.75, 3.05) is 0 Å². The van der Waals surface area contributed by atoms with E-state index in [9.17, 15) is 4.79 Å². The van der Waals surface area contributed by atoms with Gasteiger partial charge in [-0.15, -0.1) is 0 Å². The summed E-state index contributed by atoms with van der Waals surface area (Å²) in [5.74, 6) is 0. The molecule has 0 aliphatic heterocycles. The number of carbonyl (C=O) groups is 1. The number of amides is 2. The molecule has 5 heteroatoms. The molecule has 0 saturated heterocycles. The summed E-state index contributed by atoms with van der Waals surface area (Å²) in [6.07, 6.45) is 0. The Balaban J connectivity index is 3.26. The van der Waals surface area contributed by atoms with Crippen LogP contribution in [-0.4, -0.2) is 26.7 Å². The maximum atomic E-state index is 9.60. The van der Waals surface area contributed by atoms with Crippen molar-refractivity contribution in [2.45, 2.75) is 0 Å². The van der Waals surface area contributed by atoms with Gasteiger partial charge in [-0.05, 0) is 0 Å². The Kier molecular flexibility index (Phi) is 1.57. The number of urea groups is 1. The van der Waals surface area contributed by atoms with E-state index in [1.165, 1.54) is 0 Å². The van der Waals surface area contributed by atoms with Crippen LogP contribution in [0.1, 0.15) is 0 Å². The Labute approximate surface area is 38.3 Å². The molecule has 6 heavy (non-hydrogen) atoms. The van der Waals surface area contributed by atoms with E-state index in [4.69, 9.17) is 0 Å². The molecule has 4 radical (unpaired) electrons. The van der Waals surface area contributed by atoms with Crippen LogP contribution in [0.2, 0.25) is 0 Å². The Hall–Kier alpha value is -0.600. The summed E-state index contributed by atoms with van der Waals surface area (Å²) in [5.41, 5.74) is 4.47. The van der Waals surface area contributed by atoms with Crippen LogP contribution in [0, 0.1) is 0 Å². The minimum atomic E-state index is -0.852. The number of nitrogens with zero attached hydrogens (tertiary/aromatic N) is 1. The van der Waals surface area contributed by atoms with E-state index in [0.717, 1.165) is 0 Å². The molecule has 0 aromatic carbocycles. The van der Waals surface area contributed by atoms with Crippen LogP contribution in [0.15, 0.2) is 0 Å². The lowest BCUT2D eigenvalue weighted by Crippen LogP contribution is -2.30. The minimum absolute atomic E-state index is 0.306. The lowest BCUT2D eigenvalue weighted by atomic mass is 10.2.